The van der Waals surface area contributed by atoms with E-state index < -0.39 is 23.3 Å². The van der Waals surface area contributed by atoms with Gasteiger partial charge in [-0.1, -0.05) is 23.7 Å². The predicted octanol–water partition coefficient (Wildman–Crippen LogP) is 3.06. The molecule has 0 amide bonds. The van der Waals surface area contributed by atoms with Gasteiger partial charge in [0.15, 0.2) is 11.6 Å². The minimum Gasteiger partial charge on any atom is -0.387 e. The van der Waals surface area contributed by atoms with Crippen LogP contribution in [0, 0.1) is 11.6 Å². The van der Waals surface area contributed by atoms with Crippen LogP contribution in [0.5, 0.6) is 0 Å². The lowest BCUT2D eigenvalue weighted by Gasteiger charge is -2.13. The Kier molecular flexibility index (Phi) is 4.11. The molecule has 4 nitrogen and oxygen atoms in total. The van der Waals surface area contributed by atoms with Crippen molar-refractivity contribution in [2.24, 2.45) is 0 Å². The van der Waals surface area contributed by atoms with Gasteiger partial charge in [0.05, 0.1) is 29.9 Å². The van der Waals surface area contributed by atoms with Crippen molar-refractivity contribution in [2.75, 3.05) is 0 Å². The van der Waals surface area contributed by atoms with E-state index in [9.17, 15) is 18.7 Å². The monoisotopic (exact) mass is 336 g/mol. The number of benzene rings is 2. The number of hydrogen-bond acceptors (Lipinski definition) is 3. The number of aliphatic hydroxyl groups is 1. The fraction of sp³-hybridized carbons (Fsp3) is 0.125. The summed E-state index contributed by atoms with van der Waals surface area (Å²) in [6, 6.07) is 8.28. The second-order valence-corrected chi connectivity index (χ2v) is 5.49. The van der Waals surface area contributed by atoms with Crippen LogP contribution in [0.4, 0.5) is 8.78 Å². The molecule has 1 unspecified atom stereocenters. The quantitative estimate of drug-likeness (QED) is 0.799. The molecular formula is C16H11ClF2N2O2. The number of rotatable bonds is 3. The van der Waals surface area contributed by atoms with Gasteiger partial charge in [-0.05, 0) is 23.8 Å². The summed E-state index contributed by atoms with van der Waals surface area (Å²) < 4.78 is 27.6. The second-order valence-electron chi connectivity index (χ2n) is 5.06. The Morgan fingerprint density at radius 2 is 1.96 bits per heavy atom. The Labute approximate surface area is 134 Å². The van der Waals surface area contributed by atoms with Crippen LogP contribution >= 0.6 is 11.6 Å². The molecule has 0 fully saturated rings. The van der Waals surface area contributed by atoms with Crippen molar-refractivity contribution in [3.8, 4) is 0 Å². The molecule has 0 aliphatic carbocycles. The summed E-state index contributed by atoms with van der Waals surface area (Å²) >= 11 is 5.86. The highest BCUT2D eigenvalue weighted by Gasteiger charge is 2.13. The molecule has 0 saturated carbocycles. The minimum absolute atomic E-state index is 0.0512. The van der Waals surface area contributed by atoms with Crippen molar-refractivity contribution in [3.05, 3.63) is 75.3 Å². The average Bonchev–Trinajstić information content (AvgIpc) is 2.52. The molecule has 0 spiro atoms. The lowest BCUT2D eigenvalue weighted by molar-refractivity contribution is 0.155. The van der Waals surface area contributed by atoms with E-state index in [2.05, 4.69) is 4.98 Å². The molecule has 1 heterocycles. The summed E-state index contributed by atoms with van der Waals surface area (Å²) in [6.45, 7) is -0.0822. The number of fused-ring (bicyclic) bond motifs is 1. The topological polar surface area (TPSA) is 55.1 Å². The molecule has 2 aromatic carbocycles. The third-order valence-corrected chi connectivity index (χ3v) is 3.70. The number of aliphatic hydroxyl groups excluding tert-OH is 1. The molecule has 118 valence electrons. The van der Waals surface area contributed by atoms with Gasteiger partial charge in [-0.15, -0.1) is 0 Å². The second kappa shape index (κ2) is 6.06. The third kappa shape index (κ3) is 3.09. The lowest BCUT2D eigenvalue weighted by Crippen LogP contribution is -2.24. The largest absolute Gasteiger partial charge is 0.387 e. The first-order chi connectivity index (χ1) is 11.0. The molecule has 0 aliphatic heterocycles. The van der Waals surface area contributed by atoms with Crippen LogP contribution in [0.2, 0.25) is 5.02 Å². The molecule has 1 atom stereocenters. The van der Waals surface area contributed by atoms with Gasteiger partial charge in [-0.25, -0.2) is 13.8 Å². The summed E-state index contributed by atoms with van der Waals surface area (Å²) in [7, 11) is 0. The van der Waals surface area contributed by atoms with E-state index in [4.69, 9.17) is 11.6 Å². The highest BCUT2D eigenvalue weighted by atomic mass is 35.5. The zero-order valence-corrected chi connectivity index (χ0v) is 12.5. The third-order valence-electron chi connectivity index (χ3n) is 3.47. The smallest absolute Gasteiger partial charge is 0.261 e. The van der Waals surface area contributed by atoms with Crippen molar-refractivity contribution < 1.29 is 13.9 Å². The summed E-state index contributed by atoms with van der Waals surface area (Å²) in [6.07, 6.45) is 0.200. The Morgan fingerprint density at radius 3 is 2.70 bits per heavy atom. The maximum atomic E-state index is 13.3. The van der Waals surface area contributed by atoms with Crippen molar-refractivity contribution >= 4 is 22.5 Å². The van der Waals surface area contributed by atoms with E-state index >= 15 is 0 Å². The van der Waals surface area contributed by atoms with Crippen LogP contribution in [0.15, 0.2) is 47.5 Å². The van der Waals surface area contributed by atoms with Gasteiger partial charge in [0.2, 0.25) is 0 Å². The van der Waals surface area contributed by atoms with Crippen LogP contribution in [0.1, 0.15) is 11.7 Å². The number of halogens is 3. The van der Waals surface area contributed by atoms with E-state index in [0.717, 1.165) is 16.7 Å². The Morgan fingerprint density at radius 1 is 1.22 bits per heavy atom. The summed E-state index contributed by atoms with van der Waals surface area (Å²) in [5, 5.41) is 10.6. The Hall–Kier alpha value is -2.31. The molecule has 1 N–H and O–H groups in total. The fourth-order valence-corrected chi connectivity index (χ4v) is 2.49. The van der Waals surface area contributed by atoms with E-state index in [1.54, 1.807) is 24.3 Å². The van der Waals surface area contributed by atoms with Gasteiger partial charge >= 0.3 is 0 Å². The minimum atomic E-state index is -1.12. The predicted molar refractivity (Wildman–Crippen MR) is 82.3 cm³/mol. The van der Waals surface area contributed by atoms with Gasteiger partial charge in [0, 0.05) is 11.1 Å². The van der Waals surface area contributed by atoms with Crippen LogP contribution in [0.3, 0.4) is 0 Å². The normalized spacial score (nSPS) is 12.5. The van der Waals surface area contributed by atoms with Gasteiger partial charge in [-0.2, -0.15) is 0 Å². The molecule has 0 bridgehead atoms. The van der Waals surface area contributed by atoms with Gasteiger partial charge in [-0.3, -0.25) is 9.36 Å². The Balaban J connectivity index is 1.99. The molecule has 0 aliphatic rings. The maximum Gasteiger partial charge on any atom is 0.261 e. The first-order valence-electron chi connectivity index (χ1n) is 6.73. The van der Waals surface area contributed by atoms with Crippen molar-refractivity contribution in [1.82, 2.24) is 9.55 Å². The SMILES string of the molecule is O=c1c2cc(F)c(F)cc2ncn1CC(O)c1cccc(Cl)c1. The standard InChI is InChI=1S/C16H11ClF2N2O2/c17-10-3-1-2-9(4-10)15(22)7-21-8-20-14-6-13(19)12(18)5-11(14)16(21)23/h1-6,8,15,22H,7H2. The zero-order valence-electron chi connectivity index (χ0n) is 11.7. The van der Waals surface area contributed by atoms with Crippen LogP contribution < -0.4 is 5.56 Å². The van der Waals surface area contributed by atoms with E-state index in [1.807, 2.05) is 0 Å². The van der Waals surface area contributed by atoms with Gasteiger partial charge < -0.3 is 5.11 Å². The molecule has 3 aromatic rings. The molecule has 1 aromatic heterocycles. The van der Waals surface area contributed by atoms with E-state index in [-0.39, 0.29) is 17.4 Å². The van der Waals surface area contributed by atoms with E-state index in [1.165, 1.54) is 6.33 Å². The number of aromatic nitrogens is 2. The highest BCUT2D eigenvalue weighted by Crippen LogP contribution is 2.19. The Bertz CT molecular complexity index is 943. The molecule has 3 rings (SSSR count). The van der Waals surface area contributed by atoms with Gasteiger partial charge in [0.25, 0.3) is 5.56 Å². The lowest BCUT2D eigenvalue weighted by atomic mass is 10.1. The average molecular weight is 337 g/mol. The van der Waals surface area contributed by atoms with E-state index in [0.29, 0.717) is 10.6 Å². The first-order valence-corrected chi connectivity index (χ1v) is 7.11. The van der Waals surface area contributed by atoms with Crippen molar-refractivity contribution in [2.45, 2.75) is 12.6 Å². The summed E-state index contributed by atoms with van der Waals surface area (Å²) in [5.74, 6) is -2.19. The number of nitrogens with zero attached hydrogens (tertiary/aromatic N) is 2. The first kappa shape index (κ1) is 15.6. The molecule has 0 radical (unpaired) electrons. The molecular weight excluding hydrogens is 326 g/mol. The summed E-state index contributed by atoms with van der Waals surface area (Å²) in [5.41, 5.74) is 0.0344. The maximum absolute atomic E-state index is 13.3. The summed E-state index contributed by atoms with van der Waals surface area (Å²) in [4.78, 5) is 16.2. The van der Waals surface area contributed by atoms with Crippen LogP contribution in [0.25, 0.3) is 10.9 Å². The van der Waals surface area contributed by atoms with Crippen LogP contribution in [-0.2, 0) is 6.54 Å². The molecule has 7 heteroatoms. The highest BCUT2D eigenvalue weighted by molar-refractivity contribution is 6.30. The molecule has 23 heavy (non-hydrogen) atoms. The van der Waals surface area contributed by atoms with Gasteiger partial charge in [0.1, 0.15) is 0 Å². The van der Waals surface area contributed by atoms with Crippen molar-refractivity contribution in [3.63, 3.8) is 0 Å². The number of hydrogen-bond donors (Lipinski definition) is 1. The van der Waals surface area contributed by atoms with Crippen molar-refractivity contribution in [1.29, 1.82) is 0 Å². The zero-order chi connectivity index (χ0) is 16.6. The fourth-order valence-electron chi connectivity index (χ4n) is 2.29. The van der Waals surface area contributed by atoms with Crippen LogP contribution in [-0.4, -0.2) is 14.7 Å². The molecule has 0 saturated heterocycles.